The van der Waals surface area contributed by atoms with Crippen molar-refractivity contribution in [1.82, 2.24) is 14.9 Å². The molecule has 8 heteroatoms. The third-order valence-corrected chi connectivity index (χ3v) is 6.65. The normalized spacial score (nSPS) is 23.4. The minimum atomic E-state index is -3.62. The van der Waals surface area contributed by atoms with E-state index in [-0.39, 0.29) is 34.6 Å². The molecule has 1 aromatic rings. The average Bonchev–Trinajstić information content (AvgIpc) is 2.62. The Kier molecular flexibility index (Phi) is 6.78. The van der Waals surface area contributed by atoms with Crippen LogP contribution in [0.4, 0.5) is 0 Å². The molecule has 2 N–H and O–H groups in total. The third kappa shape index (κ3) is 5.17. The van der Waals surface area contributed by atoms with Gasteiger partial charge in [-0.25, -0.2) is 8.42 Å². The van der Waals surface area contributed by atoms with Crippen LogP contribution in [0.5, 0.6) is 0 Å². The summed E-state index contributed by atoms with van der Waals surface area (Å²) in [5.41, 5.74) is 0.830. The average molecular weight is 394 g/mol. The number of hydrogen-bond acceptors (Lipinski definition) is 4. The zero-order valence-electron chi connectivity index (χ0n) is 15.9. The molecule has 1 heterocycles. The van der Waals surface area contributed by atoms with E-state index in [1.165, 1.54) is 17.3 Å². The highest BCUT2D eigenvalue weighted by molar-refractivity contribution is 7.89. The molecule has 7 nitrogen and oxygen atoms in total. The van der Waals surface area contributed by atoms with Gasteiger partial charge >= 0.3 is 0 Å². The third-order valence-electron chi connectivity index (χ3n) is 4.81. The highest BCUT2D eigenvalue weighted by Crippen LogP contribution is 2.27. The molecule has 0 radical (unpaired) electrons. The van der Waals surface area contributed by atoms with E-state index in [0.717, 1.165) is 5.56 Å². The molecule has 1 aliphatic rings. The van der Waals surface area contributed by atoms with Crippen LogP contribution < -0.4 is 10.6 Å². The van der Waals surface area contributed by atoms with Crippen molar-refractivity contribution in [1.29, 1.82) is 0 Å². The minimum absolute atomic E-state index is 0.0218. The van der Waals surface area contributed by atoms with Crippen molar-refractivity contribution in [3.05, 3.63) is 42.5 Å². The predicted octanol–water partition coefficient (Wildman–Crippen LogP) is 1.27. The largest absolute Gasteiger partial charge is 0.352 e. The van der Waals surface area contributed by atoms with Crippen LogP contribution in [0.15, 0.2) is 41.8 Å². The van der Waals surface area contributed by atoms with Crippen molar-refractivity contribution in [2.24, 2.45) is 11.8 Å². The quantitative estimate of drug-likeness (QED) is 0.712. The van der Waals surface area contributed by atoms with Crippen LogP contribution in [0.3, 0.4) is 0 Å². The molecule has 148 valence electrons. The van der Waals surface area contributed by atoms with E-state index < -0.39 is 10.0 Å². The molecule has 2 rings (SSSR count). The monoisotopic (exact) mass is 393 g/mol. The summed E-state index contributed by atoms with van der Waals surface area (Å²) in [6, 6.07) is 6.43. The first-order valence-corrected chi connectivity index (χ1v) is 10.4. The lowest BCUT2D eigenvalue weighted by molar-refractivity contribution is -0.119. The number of sulfonamides is 1. The van der Waals surface area contributed by atoms with Crippen LogP contribution in [0.25, 0.3) is 0 Å². The van der Waals surface area contributed by atoms with Gasteiger partial charge in [-0.3, -0.25) is 9.59 Å². The highest BCUT2D eigenvalue weighted by atomic mass is 32.2. The lowest BCUT2D eigenvalue weighted by Crippen LogP contribution is -2.55. The summed E-state index contributed by atoms with van der Waals surface area (Å²) in [7, 11) is -3.62. The second-order valence-corrected chi connectivity index (χ2v) is 9.01. The van der Waals surface area contributed by atoms with E-state index in [2.05, 4.69) is 17.2 Å². The van der Waals surface area contributed by atoms with Crippen molar-refractivity contribution >= 4 is 21.8 Å². The Bertz CT molecular complexity index is 793. The van der Waals surface area contributed by atoms with Gasteiger partial charge in [0.15, 0.2) is 0 Å². The van der Waals surface area contributed by atoms with Gasteiger partial charge in [-0.15, -0.1) is 0 Å². The lowest BCUT2D eigenvalue weighted by atomic mass is 9.87. The van der Waals surface area contributed by atoms with Crippen molar-refractivity contribution in [2.45, 2.75) is 38.3 Å². The van der Waals surface area contributed by atoms with E-state index in [9.17, 15) is 18.0 Å². The second kappa shape index (κ2) is 8.67. The van der Waals surface area contributed by atoms with Gasteiger partial charge in [0.2, 0.25) is 21.8 Å². The maximum Gasteiger partial charge on any atom is 0.243 e. The second-order valence-electron chi connectivity index (χ2n) is 7.07. The summed E-state index contributed by atoms with van der Waals surface area (Å²) < 4.78 is 27.5. The number of carbonyl (C=O) groups is 2. The minimum Gasteiger partial charge on any atom is -0.352 e. The number of rotatable bonds is 6. The molecular formula is C19H27N3O4S. The summed E-state index contributed by atoms with van der Waals surface area (Å²) in [5, 5.41) is 5.58. The zero-order valence-corrected chi connectivity index (χ0v) is 16.8. The molecule has 0 spiro atoms. The molecular weight excluding hydrogens is 366 g/mol. The Morgan fingerprint density at radius 3 is 2.22 bits per heavy atom. The van der Waals surface area contributed by atoms with E-state index in [1.807, 2.05) is 13.8 Å². The van der Waals surface area contributed by atoms with Gasteiger partial charge in [0.25, 0.3) is 0 Å². The number of nitrogens with zero attached hydrogens (tertiary/aromatic N) is 1. The number of amides is 2. The van der Waals surface area contributed by atoms with Crippen molar-refractivity contribution in [2.75, 3.05) is 13.1 Å². The molecule has 2 unspecified atom stereocenters. The smallest absolute Gasteiger partial charge is 0.243 e. The lowest BCUT2D eigenvalue weighted by Gasteiger charge is -2.40. The fourth-order valence-corrected chi connectivity index (χ4v) is 5.00. The van der Waals surface area contributed by atoms with Crippen LogP contribution in [0.1, 0.15) is 26.3 Å². The van der Waals surface area contributed by atoms with Gasteiger partial charge < -0.3 is 10.6 Å². The molecule has 2 atom stereocenters. The van der Waals surface area contributed by atoms with Crippen LogP contribution in [0, 0.1) is 11.8 Å². The Labute approximate surface area is 160 Å². The Morgan fingerprint density at radius 2 is 1.74 bits per heavy atom. The molecule has 0 saturated carbocycles. The number of piperidine rings is 1. The highest BCUT2D eigenvalue weighted by Gasteiger charge is 2.38. The van der Waals surface area contributed by atoms with Gasteiger partial charge in [-0.2, -0.15) is 4.31 Å². The Hall–Kier alpha value is -2.19. The molecule has 1 aliphatic heterocycles. The van der Waals surface area contributed by atoms with Crippen LogP contribution in [0.2, 0.25) is 0 Å². The van der Waals surface area contributed by atoms with Crippen molar-refractivity contribution in [3.63, 3.8) is 0 Å². The first kappa shape index (κ1) is 21.1. The summed E-state index contributed by atoms with van der Waals surface area (Å²) >= 11 is 0. The number of benzene rings is 1. The van der Waals surface area contributed by atoms with Gasteiger partial charge in [-0.1, -0.05) is 32.6 Å². The molecule has 1 fully saturated rings. The summed E-state index contributed by atoms with van der Waals surface area (Å²) in [5.74, 6) is -0.427. The Morgan fingerprint density at radius 1 is 1.19 bits per heavy atom. The Balaban J connectivity index is 2.11. The number of nitrogens with one attached hydrogen (secondary N) is 2. The van der Waals surface area contributed by atoms with Crippen molar-refractivity contribution in [3.8, 4) is 0 Å². The van der Waals surface area contributed by atoms with Gasteiger partial charge in [0.1, 0.15) is 0 Å². The topological polar surface area (TPSA) is 95.6 Å². The van der Waals surface area contributed by atoms with Gasteiger partial charge in [-0.05, 0) is 35.6 Å². The molecule has 1 saturated heterocycles. The first-order chi connectivity index (χ1) is 12.6. The molecule has 0 aromatic heterocycles. The van der Waals surface area contributed by atoms with E-state index in [0.29, 0.717) is 19.6 Å². The van der Waals surface area contributed by atoms with Crippen LogP contribution >= 0.6 is 0 Å². The zero-order chi connectivity index (χ0) is 20.2. The van der Waals surface area contributed by atoms with E-state index in [1.54, 1.807) is 24.3 Å². The predicted molar refractivity (Wildman–Crippen MR) is 103 cm³/mol. The molecule has 27 heavy (non-hydrogen) atoms. The first-order valence-electron chi connectivity index (χ1n) is 8.91. The standard InChI is InChI=1S/C19H27N3O4S/c1-5-18(24)21-19-13(2)11-22(12-14(19)3)27(25,26)17-8-6-16(7-9-17)10-20-15(4)23/h5-9,13-14,19H,1,10-12H2,2-4H3,(H,20,23)(H,21,24). The fraction of sp³-hybridized carbons (Fsp3) is 0.474. The maximum absolute atomic E-state index is 13.0. The van der Waals surface area contributed by atoms with Crippen molar-refractivity contribution < 1.29 is 18.0 Å². The SMILES string of the molecule is C=CC(=O)NC1C(C)CN(S(=O)(=O)c2ccc(CNC(C)=O)cc2)CC1C. The van der Waals surface area contributed by atoms with Crippen LogP contribution in [-0.4, -0.2) is 43.7 Å². The number of hydrogen-bond donors (Lipinski definition) is 2. The molecule has 0 bridgehead atoms. The molecule has 1 aromatic carbocycles. The van der Waals surface area contributed by atoms with Crippen LogP contribution in [-0.2, 0) is 26.2 Å². The van der Waals surface area contributed by atoms with Gasteiger partial charge in [0.05, 0.1) is 4.90 Å². The fourth-order valence-electron chi connectivity index (χ4n) is 3.36. The van der Waals surface area contributed by atoms with Gasteiger partial charge in [0, 0.05) is 32.6 Å². The summed E-state index contributed by atoms with van der Waals surface area (Å²) in [4.78, 5) is 22.8. The molecule has 2 amide bonds. The summed E-state index contributed by atoms with van der Waals surface area (Å²) in [6.07, 6.45) is 1.23. The summed E-state index contributed by atoms with van der Waals surface area (Å²) in [6.45, 7) is 9.79. The van der Waals surface area contributed by atoms with E-state index in [4.69, 9.17) is 0 Å². The van der Waals surface area contributed by atoms with E-state index >= 15 is 0 Å². The number of carbonyl (C=O) groups excluding carboxylic acids is 2. The molecule has 0 aliphatic carbocycles. The maximum atomic E-state index is 13.0.